The Labute approximate surface area is 218 Å². The minimum atomic E-state index is -0.863. The number of hydrogen-bond donors (Lipinski definition) is 4. The fourth-order valence-electron chi connectivity index (χ4n) is 5.78. The molecular weight excluding hydrogens is 474 g/mol. The number of phenols is 1. The summed E-state index contributed by atoms with van der Waals surface area (Å²) in [6, 6.07) is 7.08. The monoisotopic (exact) mass is 513 g/mol. The summed E-state index contributed by atoms with van der Waals surface area (Å²) in [5.41, 5.74) is 3.29. The van der Waals surface area contributed by atoms with Crippen LogP contribution in [0.4, 0.5) is 0 Å². The number of hydrogen-bond acceptors (Lipinski definition) is 6. The minimum absolute atomic E-state index is 0.0610. The number of aliphatic hydroxyl groups is 2. The number of aliphatic carboxylic acids is 1. The summed E-state index contributed by atoms with van der Waals surface area (Å²) in [6.45, 7) is 3.80. The number of rotatable bonds is 13. The number of nitrogens with zero attached hydrogens (tertiary/aromatic N) is 1. The molecule has 0 bridgehead atoms. The summed E-state index contributed by atoms with van der Waals surface area (Å²) in [6.07, 6.45) is 4.90. The van der Waals surface area contributed by atoms with Crippen LogP contribution in [0.2, 0.25) is 0 Å². The summed E-state index contributed by atoms with van der Waals surface area (Å²) in [4.78, 5) is 38.3. The molecule has 1 fully saturated rings. The Balaban J connectivity index is 1.69. The van der Waals surface area contributed by atoms with Crippen molar-refractivity contribution in [1.82, 2.24) is 4.90 Å². The molecule has 1 saturated heterocycles. The number of para-hydroxylation sites is 1. The maximum atomic E-state index is 13.3. The number of unbranched alkanes of at least 4 members (excludes halogenated alkanes) is 2. The van der Waals surface area contributed by atoms with E-state index in [0.717, 1.165) is 23.1 Å². The molecule has 0 radical (unpaired) electrons. The molecule has 0 saturated carbocycles. The number of phenolic OH excluding ortho intramolecular Hbond substituents is 1. The number of benzene rings is 1. The number of fused-ring (bicyclic) bond motifs is 1. The summed E-state index contributed by atoms with van der Waals surface area (Å²) >= 11 is 0. The van der Waals surface area contributed by atoms with Crippen LogP contribution in [0.25, 0.3) is 6.08 Å². The molecule has 37 heavy (non-hydrogen) atoms. The highest BCUT2D eigenvalue weighted by molar-refractivity contribution is 6.05. The molecule has 0 spiro atoms. The molecule has 1 aromatic rings. The topological polar surface area (TPSA) is 135 Å². The van der Waals surface area contributed by atoms with Crippen LogP contribution in [-0.2, 0) is 14.4 Å². The lowest BCUT2D eigenvalue weighted by molar-refractivity contribution is -0.141. The number of carbonyl (C=O) groups is 3. The lowest BCUT2D eigenvalue weighted by Gasteiger charge is -2.35. The molecule has 0 aromatic heterocycles. The van der Waals surface area contributed by atoms with Gasteiger partial charge in [-0.1, -0.05) is 48.8 Å². The van der Waals surface area contributed by atoms with Crippen molar-refractivity contribution >= 4 is 23.9 Å². The molecule has 4 atom stereocenters. The molecule has 8 nitrogen and oxygen atoms in total. The number of aromatic hydroxyl groups is 1. The van der Waals surface area contributed by atoms with E-state index in [9.17, 15) is 29.7 Å². The number of likely N-dealkylation sites (tertiary alicyclic amines) is 1. The van der Waals surface area contributed by atoms with Crippen molar-refractivity contribution in [2.45, 2.75) is 71.3 Å². The van der Waals surface area contributed by atoms with Gasteiger partial charge in [-0.15, -0.1) is 0 Å². The quantitative estimate of drug-likeness (QED) is 0.178. The third kappa shape index (κ3) is 6.67. The first-order chi connectivity index (χ1) is 17.7. The summed E-state index contributed by atoms with van der Waals surface area (Å²) in [7, 11) is 0. The second-order valence-corrected chi connectivity index (χ2v) is 10.2. The van der Waals surface area contributed by atoms with Gasteiger partial charge in [0.05, 0.1) is 24.5 Å². The van der Waals surface area contributed by atoms with E-state index in [1.165, 1.54) is 4.90 Å². The molecule has 0 unspecified atom stereocenters. The SMILES string of the molecule is CC/C(=C\c1ccccc1O)CC[C@@H](O)C1=C(C)C[C@H]2C(=O)N(CCCCCC(=O)O)C(=O)[C@H]2[C@H]1CO. The first-order valence-corrected chi connectivity index (χ1v) is 13.2. The number of aliphatic hydroxyl groups excluding tert-OH is 2. The highest BCUT2D eigenvalue weighted by Gasteiger charge is 2.54. The van der Waals surface area contributed by atoms with E-state index >= 15 is 0 Å². The number of allylic oxidation sites excluding steroid dienone is 2. The molecular formula is C29H39NO7. The zero-order valence-electron chi connectivity index (χ0n) is 21.7. The Morgan fingerprint density at radius 3 is 2.51 bits per heavy atom. The molecule has 3 rings (SSSR count). The predicted octanol–water partition coefficient (Wildman–Crippen LogP) is 3.90. The van der Waals surface area contributed by atoms with Crippen LogP contribution in [0.3, 0.4) is 0 Å². The Morgan fingerprint density at radius 2 is 1.86 bits per heavy atom. The smallest absolute Gasteiger partial charge is 0.303 e. The van der Waals surface area contributed by atoms with Crippen LogP contribution in [0.1, 0.15) is 70.8 Å². The van der Waals surface area contributed by atoms with Crippen molar-refractivity contribution in [3.05, 3.63) is 46.5 Å². The second-order valence-electron chi connectivity index (χ2n) is 10.2. The van der Waals surface area contributed by atoms with Gasteiger partial charge in [0, 0.05) is 24.4 Å². The van der Waals surface area contributed by atoms with Gasteiger partial charge in [0.2, 0.25) is 11.8 Å². The Morgan fingerprint density at radius 1 is 1.14 bits per heavy atom. The molecule has 2 aliphatic rings. The van der Waals surface area contributed by atoms with E-state index in [1.54, 1.807) is 12.1 Å². The molecule has 2 amide bonds. The van der Waals surface area contributed by atoms with Gasteiger partial charge < -0.3 is 20.4 Å². The van der Waals surface area contributed by atoms with E-state index in [0.29, 0.717) is 44.1 Å². The van der Waals surface area contributed by atoms with Crippen molar-refractivity contribution in [3.8, 4) is 5.75 Å². The van der Waals surface area contributed by atoms with Crippen LogP contribution in [0.15, 0.2) is 41.0 Å². The molecule has 8 heteroatoms. The fourth-order valence-corrected chi connectivity index (χ4v) is 5.78. The van der Waals surface area contributed by atoms with E-state index in [1.807, 2.05) is 32.1 Å². The maximum Gasteiger partial charge on any atom is 0.303 e. The van der Waals surface area contributed by atoms with Gasteiger partial charge in [0.25, 0.3) is 0 Å². The molecule has 202 valence electrons. The number of amides is 2. The van der Waals surface area contributed by atoms with Crippen LogP contribution >= 0.6 is 0 Å². The third-order valence-electron chi connectivity index (χ3n) is 7.74. The van der Waals surface area contributed by atoms with Crippen LogP contribution in [0.5, 0.6) is 5.75 Å². The van der Waals surface area contributed by atoms with Crippen LogP contribution < -0.4 is 0 Å². The number of carboxylic acids is 1. The van der Waals surface area contributed by atoms with E-state index in [-0.39, 0.29) is 37.1 Å². The molecule has 1 aliphatic heterocycles. The van der Waals surface area contributed by atoms with Crippen molar-refractivity contribution < 1.29 is 34.8 Å². The van der Waals surface area contributed by atoms with Crippen molar-refractivity contribution in [1.29, 1.82) is 0 Å². The van der Waals surface area contributed by atoms with Gasteiger partial charge in [-0.3, -0.25) is 19.3 Å². The van der Waals surface area contributed by atoms with Crippen LogP contribution in [0, 0.1) is 17.8 Å². The summed E-state index contributed by atoms with van der Waals surface area (Å²) in [5.74, 6) is -3.05. The van der Waals surface area contributed by atoms with Crippen molar-refractivity contribution in [2.75, 3.05) is 13.2 Å². The number of imide groups is 1. The lowest BCUT2D eigenvalue weighted by atomic mass is 9.68. The standard InChI is InChI=1S/C29H39NO7/c1-3-19(16-20-9-6-7-10-23(20)32)12-13-24(33)26-18(2)15-21-27(22(26)17-31)29(37)30(28(21)36)14-8-4-5-11-25(34)35/h6-7,9-10,16,21-22,24,27,31-33H,3-5,8,11-15,17H2,1-2H3,(H,34,35)/b19-16+/t21-,22+,24-,27-/m1/s1. The summed E-state index contributed by atoms with van der Waals surface area (Å²) < 4.78 is 0. The van der Waals surface area contributed by atoms with Gasteiger partial charge >= 0.3 is 5.97 Å². The van der Waals surface area contributed by atoms with E-state index < -0.39 is 29.8 Å². The van der Waals surface area contributed by atoms with Gasteiger partial charge in [-0.05, 0) is 57.1 Å². The van der Waals surface area contributed by atoms with Gasteiger partial charge in [0.1, 0.15) is 5.75 Å². The average Bonchev–Trinajstić information content (AvgIpc) is 3.10. The Hall–Kier alpha value is -2.97. The third-order valence-corrected chi connectivity index (χ3v) is 7.74. The highest BCUT2D eigenvalue weighted by atomic mass is 16.4. The molecule has 4 N–H and O–H groups in total. The number of carbonyl (C=O) groups excluding carboxylic acids is 2. The van der Waals surface area contributed by atoms with Gasteiger partial charge in [0.15, 0.2) is 0 Å². The Bertz CT molecular complexity index is 1060. The van der Waals surface area contributed by atoms with Gasteiger partial charge in [-0.2, -0.15) is 0 Å². The van der Waals surface area contributed by atoms with Crippen LogP contribution in [-0.4, -0.2) is 62.4 Å². The highest BCUT2D eigenvalue weighted by Crippen LogP contribution is 2.46. The first kappa shape index (κ1) is 28.6. The lowest BCUT2D eigenvalue weighted by Crippen LogP contribution is -2.39. The minimum Gasteiger partial charge on any atom is -0.507 e. The molecule has 1 heterocycles. The molecule has 1 aliphatic carbocycles. The zero-order chi connectivity index (χ0) is 27.1. The zero-order valence-corrected chi connectivity index (χ0v) is 21.7. The number of carboxylic acid groups (broad SMARTS) is 1. The average molecular weight is 514 g/mol. The van der Waals surface area contributed by atoms with Crippen molar-refractivity contribution in [3.63, 3.8) is 0 Å². The van der Waals surface area contributed by atoms with E-state index in [4.69, 9.17) is 5.11 Å². The van der Waals surface area contributed by atoms with Gasteiger partial charge in [-0.25, -0.2) is 0 Å². The predicted molar refractivity (Wildman–Crippen MR) is 139 cm³/mol. The van der Waals surface area contributed by atoms with E-state index in [2.05, 4.69) is 0 Å². The normalized spacial score (nSPS) is 23.0. The fraction of sp³-hybridized carbons (Fsp3) is 0.552. The second kappa shape index (κ2) is 13.0. The maximum absolute atomic E-state index is 13.3. The largest absolute Gasteiger partial charge is 0.507 e. The first-order valence-electron chi connectivity index (χ1n) is 13.2. The summed E-state index contributed by atoms with van der Waals surface area (Å²) in [5, 5.41) is 40.3. The molecule has 1 aromatic carbocycles. The Kier molecular flexibility index (Phi) is 10.1. The van der Waals surface area contributed by atoms with Crippen molar-refractivity contribution in [2.24, 2.45) is 17.8 Å².